The van der Waals surface area contributed by atoms with Crippen LogP contribution in [0.4, 0.5) is 15.8 Å². The Morgan fingerprint density at radius 3 is 2.62 bits per heavy atom. The van der Waals surface area contributed by atoms with E-state index in [1.165, 1.54) is 31.3 Å². The molecule has 0 spiro atoms. The van der Waals surface area contributed by atoms with Crippen molar-refractivity contribution in [2.45, 2.75) is 6.92 Å². The minimum Gasteiger partial charge on any atom is -0.325 e. The highest BCUT2D eigenvalue weighted by molar-refractivity contribution is 6.34. The summed E-state index contributed by atoms with van der Waals surface area (Å²) in [5.74, 6) is -1.74. The molecule has 0 saturated heterocycles. The fourth-order valence-corrected chi connectivity index (χ4v) is 1.87. The van der Waals surface area contributed by atoms with Gasteiger partial charge in [-0.25, -0.2) is 4.98 Å². The Balaban J connectivity index is 2.17. The van der Waals surface area contributed by atoms with E-state index in [1.54, 1.807) is 12.1 Å². The smallest absolute Gasteiger partial charge is 0.260 e. The lowest BCUT2D eigenvalue weighted by Crippen LogP contribution is -2.14. The van der Waals surface area contributed by atoms with Crippen LogP contribution in [0.1, 0.15) is 17.3 Å². The fourth-order valence-electron chi connectivity index (χ4n) is 1.64. The number of nitrogens with zero attached hydrogens (tertiary/aromatic N) is 1. The first-order chi connectivity index (χ1) is 9.97. The molecule has 2 amide bonds. The second-order valence-electron chi connectivity index (χ2n) is 4.17. The van der Waals surface area contributed by atoms with Gasteiger partial charge < -0.3 is 10.6 Å². The van der Waals surface area contributed by atoms with E-state index in [2.05, 4.69) is 15.6 Å². The van der Waals surface area contributed by atoms with Crippen LogP contribution in [0.5, 0.6) is 0 Å². The average Bonchev–Trinajstić information content (AvgIpc) is 2.42. The van der Waals surface area contributed by atoms with E-state index in [4.69, 9.17) is 11.6 Å². The van der Waals surface area contributed by atoms with Crippen molar-refractivity contribution in [1.82, 2.24) is 4.98 Å². The maximum atomic E-state index is 13.4. The van der Waals surface area contributed by atoms with Gasteiger partial charge in [-0.3, -0.25) is 9.59 Å². The van der Waals surface area contributed by atoms with E-state index in [9.17, 15) is 14.0 Å². The molecule has 0 saturated carbocycles. The number of amides is 2. The number of aromatic nitrogens is 1. The van der Waals surface area contributed by atoms with Crippen LogP contribution in [0.2, 0.25) is 5.02 Å². The van der Waals surface area contributed by atoms with Crippen molar-refractivity contribution in [3.63, 3.8) is 0 Å². The summed E-state index contributed by atoms with van der Waals surface area (Å²) in [5.41, 5.74) is 0.636. The molecule has 0 aliphatic rings. The molecule has 21 heavy (non-hydrogen) atoms. The molecular formula is C14H11ClFN3O2. The molecule has 0 radical (unpaired) electrons. The normalized spacial score (nSPS) is 10.0. The molecule has 0 aliphatic carbocycles. The molecule has 0 bridgehead atoms. The third-order valence-electron chi connectivity index (χ3n) is 2.54. The van der Waals surface area contributed by atoms with Gasteiger partial charge in [0, 0.05) is 18.8 Å². The number of rotatable bonds is 3. The van der Waals surface area contributed by atoms with Crippen molar-refractivity contribution < 1.29 is 14.0 Å². The van der Waals surface area contributed by atoms with Gasteiger partial charge >= 0.3 is 0 Å². The van der Waals surface area contributed by atoms with Gasteiger partial charge in [0.25, 0.3) is 5.91 Å². The molecule has 0 atom stereocenters. The lowest BCUT2D eigenvalue weighted by atomic mass is 10.2. The molecular weight excluding hydrogens is 297 g/mol. The van der Waals surface area contributed by atoms with Crippen molar-refractivity contribution >= 4 is 34.8 Å². The maximum Gasteiger partial charge on any atom is 0.260 e. The Kier molecular flexibility index (Phi) is 4.49. The Hall–Kier alpha value is -2.47. The van der Waals surface area contributed by atoms with Gasteiger partial charge in [0.15, 0.2) is 0 Å². The predicted octanol–water partition coefficient (Wildman–Crippen LogP) is 3.08. The third-order valence-corrected chi connectivity index (χ3v) is 2.85. The number of nitrogens with one attached hydrogen (secondary N) is 2. The van der Waals surface area contributed by atoms with E-state index in [0.717, 1.165) is 0 Å². The van der Waals surface area contributed by atoms with Crippen molar-refractivity contribution in [3.05, 3.63) is 53.1 Å². The second kappa shape index (κ2) is 6.32. The number of carbonyl (C=O) groups is 2. The zero-order valence-corrected chi connectivity index (χ0v) is 11.7. The molecule has 0 aliphatic heterocycles. The van der Waals surface area contributed by atoms with Crippen molar-refractivity contribution in [1.29, 1.82) is 0 Å². The first-order valence-electron chi connectivity index (χ1n) is 5.96. The number of anilines is 2. The topological polar surface area (TPSA) is 71.1 Å². The highest BCUT2D eigenvalue weighted by Gasteiger charge is 2.13. The van der Waals surface area contributed by atoms with Gasteiger partial charge in [-0.05, 0) is 30.3 Å². The zero-order chi connectivity index (χ0) is 15.4. The van der Waals surface area contributed by atoms with Crippen molar-refractivity contribution in [3.8, 4) is 0 Å². The molecule has 5 nitrogen and oxygen atoms in total. The van der Waals surface area contributed by atoms with E-state index < -0.39 is 11.9 Å². The number of carbonyl (C=O) groups excluding carboxylic acids is 2. The van der Waals surface area contributed by atoms with Crippen LogP contribution in [0.15, 0.2) is 36.5 Å². The lowest BCUT2D eigenvalue weighted by Gasteiger charge is -2.09. The van der Waals surface area contributed by atoms with Crippen LogP contribution in [0.25, 0.3) is 0 Å². The Morgan fingerprint density at radius 2 is 2.00 bits per heavy atom. The number of halogens is 2. The SMILES string of the molecule is CC(=O)Nc1ccc(NC(=O)c2cccnc2F)cc1Cl. The van der Waals surface area contributed by atoms with Gasteiger partial charge in [0.1, 0.15) is 0 Å². The standard InChI is InChI=1S/C14H11ClFN3O2/c1-8(20)18-12-5-4-9(7-11(12)15)19-14(21)10-3-2-6-17-13(10)16/h2-7H,1H3,(H,18,20)(H,19,21). The zero-order valence-electron chi connectivity index (χ0n) is 11.0. The van der Waals surface area contributed by atoms with Crippen LogP contribution in [-0.2, 0) is 4.79 Å². The summed E-state index contributed by atoms with van der Waals surface area (Å²) in [7, 11) is 0. The number of pyridine rings is 1. The highest BCUT2D eigenvalue weighted by Crippen LogP contribution is 2.25. The first kappa shape index (κ1) is 14.9. The summed E-state index contributed by atoms with van der Waals surface area (Å²) in [5, 5.41) is 5.30. The molecule has 2 rings (SSSR count). The number of benzene rings is 1. The molecule has 0 unspecified atom stereocenters. The fraction of sp³-hybridized carbons (Fsp3) is 0.0714. The van der Waals surface area contributed by atoms with Crippen molar-refractivity contribution in [2.75, 3.05) is 10.6 Å². The Bertz CT molecular complexity index is 706. The highest BCUT2D eigenvalue weighted by atomic mass is 35.5. The molecule has 1 aromatic heterocycles. The van der Waals surface area contributed by atoms with E-state index in [0.29, 0.717) is 11.4 Å². The monoisotopic (exact) mass is 307 g/mol. The van der Waals surface area contributed by atoms with Gasteiger partial charge in [0.2, 0.25) is 11.9 Å². The van der Waals surface area contributed by atoms with Gasteiger partial charge in [-0.2, -0.15) is 4.39 Å². The molecule has 108 valence electrons. The van der Waals surface area contributed by atoms with Gasteiger partial charge in [-0.1, -0.05) is 11.6 Å². The molecule has 1 heterocycles. The van der Waals surface area contributed by atoms with Crippen molar-refractivity contribution in [2.24, 2.45) is 0 Å². The largest absolute Gasteiger partial charge is 0.325 e. The second-order valence-corrected chi connectivity index (χ2v) is 4.58. The summed E-state index contributed by atoms with van der Waals surface area (Å²) in [6, 6.07) is 7.33. The first-order valence-corrected chi connectivity index (χ1v) is 6.34. The predicted molar refractivity (Wildman–Crippen MR) is 77.9 cm³/mol. The Morgan fingerprint density at radius 1 is 1.24 bits per heavy atom. The lowest BCUT2D eigenvalue weighted by molar-refractivity contribution is -0.114. The number of hydrogen-bond donors (Lipinski definition) is 2. The minimum atomic E-state index is -0.851. The summed E-state index contributed by atoms with van der Waals surface area (Å²) < 4.78 is 13.4. The van der Waals surface area contributed by atoms with Gasteiger partial charge in [0.05, 0.1) is 16.3 Å². The van der Waals surface area contributed by atoms with Crippen LogP contribution < -0.4 is 10.6 Å². The maximum absolute atomic E-state index is 13.4. The van der Waals surface area contributed by atoms with Crippen LogP contribution in [-0.4, -0.2) is 16.8 Å². The van der Waals surface area contributed by atoms with Crippen LogP contribution >= 0.6 is 11.6 Å². The van der Waals surface area contributed by atoms with E-state index >= 15 is 0 Å². The van der Waals surface area contributed by atoms with Crippen LogP contribution in [0.3, 0.4) is 0 Å². The van der Waals surface area contributed by atoms with E-state index in [-0.39, 0.29) is 16.5 Å². The quantitative estimate of drug-likeness (QED) is 0.856. The molecule has 0 fully saturated rings. The summed E-state index contributed by atoms with van der Waals surface area (Å²) in [4.78, 5) is 26.3. The van der Waals surface area contributed by atoms with Crippen LogP contribution in [0, 0.1) is 5.95 Å². The number of hydrogen-bond acceptors (Lipinski definition) is 3. The van der Waals surface area contributed by atoms with Gasteiger partial charge in [-0.15, -0.1) is 0 Å². The molecule has 2 N–H and O–H groups in total. The average molecular weight is 308 g/mol. The third kappa shape index (κ3) is 3.76. The summed E-state index contributed by atoms with van der Waals surface area (Å²) in [6.45, 7) is 1.36. The summed E-state index contributed by atoms with van der Waals surface area (Å²) >= 11 is 5.98. The minimum absolute atomic E-state index is 0.167. The Labute approximate surface area is 125 Å². The summed E-state index contributed by atoms with van der Waals surface area (Å²) in [6.07, 6.45) is 1.26. The molecule has 2 aromatic rings. The molecule has 1 aromatic carbocycles. The van der Waals surface area contributed by atoms with E-state index in [1.807, 2.05) is 0 Å². The molecule has 7 heteroatoms.